The van der Waals surface area contributed by atoms with E-state index >= 15 is 0 Å². The molecule has 0 saturated carbocycles. The number of hydrogen-bond donors (Lipinski definition) is 3. The van der Waals surface area contributed by atoms with Crippen LogP contribution in [0.15, 0.2) is 0 Å². The summed E-state index contributed by atoms with van der Waals surface area (Å²) in [5, 5.41) is 0. The zero-order valence-electron chi connectivity index (χ0n) is 3.66. The Hall–Kier alpha value is 0.451. The lowest BCUT2D eigenvalue weighted by atomic mass is 15.7. The molecule has 0 unspecified atom stereocenters. The fraction of sp³-hybridized carbons (Fsp3) is 0. The van der Waals surface area contributed by atoms with Gasteiger partial charge < -0.3 is 22.6 Å². The highest BCUT2D eigenvalue weighted by Crippen LogP contribution is 1.76. The first-order valence-electron chi connectivity index (χ1n) is 1.49. The third-order valence-corrected chi connectivity index (χ3v) is 2.39. The maximum Gasteiger partial charge on any atom is 0.555 e. The molecule has 8 heteroatoms. The molecule has 0 aromatic rings. The van der Waals surface area contributed by atoms with E-state index in [1.54, 1.807) is 0 Å². The van der Waals surface area contributed by atoms with Crippen LogP contribution in [0.3, 0.4) is 0 Å². The molecule has 0 amide bonds. The summed E-state index contributed by atoms with van der Waals surface area (Å²) in [6.45, 7) is 0. The summed E-state index contributed by atoms with van der Waals surface area (Å²) in [6.07, 6.45) is 0. The standard InChI is InChI=1S/H3O5Si3/c1-6-4-8(3)5-7-2/h1-3H. The summed E-state index contributed by atoms with van der Waals surface area (Å²) in [6, 6.07) is 0. The minimum Gasteiger partial charge on any atom is -0.409 e. The number of rotatable bonds is 4. The highest BCUT2D eigenvalue weighted by molar-refractivity contribution is 6.49. The Morgan fingerprint density at radius 3 is 1.75 bits per heavy atom. The molecule has 0 aliphatic rings. The van der Waals surface area contributed by atoms with Crippen molar-refractivity contribution in [3.8, 4) is 0 Å². The minimum absolute atomic E-state index is 0.788. The molecule has 0 aliphatic heterocycles. The van der Waals surface area contributed by atoms with Crippen LogP contribution < -0.4 is 0 Å². The third kappa shape index (κ3) is 4.61. The first-order valence-corrected chi connectivity index (χ1v) is 4.46. The van der Waals surface area contributed by atoms with Crippen molar-refractivity contribution in [2.45, 2.75) is 0 Å². The summed E-state index contributed by atoms with van der Waals surface area (Å²) in [5.74, 6) is 0. The van der Waals surface area contributed by atoms with Gasteiger partial charge in [-0.1, -0.05) is 0 Å². The SMILES string of the molecule is O[Si]O[Si](O)O[Si]O. The lowest BCUT2D eigenvalue weighted by Crippen LogP contribution is -2.26. The van der Waals surface area contributed by atoms with E-state index in [9.17, 15) is 0 Å². The predicted octanol–water partition coefficient (Wildman–Crippen LogP) is -2.95. The molecule has 45 valence electrons. The van der Waals surface area contributed by atoms with Gasteiger partial charge >= 0.3 is 29.5 Å². The van der Waals surface area contributed by atoms with E-state index in [0.29, 0.717) is 0 Å². The van der Waals surface area contributed by atoms with E-state index in [1.165, 1.54) is 0 Å². The van der Waals surface area contributed by atoms with Crippen LogP contribution in [0.25, 0.3) is 0 Å². The van der Waals surface area contributed by atoms with Gasteiger partial charge in [0.2, 0.25) is 0 Å². The smallest absolute Gasteiger partial charge is 0.409 e. The molecule has 8 heavy (non-hydrogen) atoms. The van der Waals surface area contributed by atoms with Crippen LogP contribution in [0.2, 0.25) is 0 Å². The molecular weight excluding hydrogens is 164 g/mol. The number of hydrogen-bond acceptors (Lipinski definition) is 5. The predicted molar refractivity (Wildman–Crippen MR) is 26.1 cm³/mol. The van der Waals surface area contributed by atoms with Gasteiger partial charge in [-0.25, -0.2) is 0 Å². The summed E-state index contributed by atoms with van der Waals surface area (Å²) in [5.41, 5.74) is 0. The fourth-order valence-electron chi connectivity index (χ4n) is 0.0989. The largest absolute Gasteiger partial charge is 0.555 e. The van der Waals surface area contributed by atoms with E-state index in [-0.39, 0.29) is 0 Å². The Labute approximate surface area is 53.0 Å². The van der Waals surface area contributed by atoms with E-state index in [0.717, 1.165) is 0 Å². The third-order valence-electron chi connectivity index (χ3n) is 0.266. The quantitative estimate of drug-likeness (QED) is 0.390. The van der Waals surface area contributed by atoms with Crippen molar-refractivity contribution < 1.29 is 22.6 Å². The van der Waals surface area contributed by atoms with Crippen LogP contribution in [-0.2, 0) is 8.23 Å². The second-order valence-corrected chi connectivity index (χ2v) is 3.18. The van der Waals surface area contributed by atoms with Gasteiger partial charge in [0.05, 0.1) is 0 Å². The molecule has 0 bridgehead atoms. The van der Waals surface area contributed by atoms with E-state index in [1.807, 2.05) is 0 Å². The van der Waals surface area contributed by atoms with E-state index < -0.39 is 29.5 Å². The average molecular weight is 167 g/mol. The first kappa shape index (κ1) is 8.45. The highest BCUT2D eigenvalue weighted by atomic mass is 28.4. The Bertz CT molecular complexity index is 40.9. The molecule has 0 atom stereocenters. The second kappa shape index (κ2) is 5.58. The Morgan fingerprint density at radius 1 is 1.12 bits per heavy atom. The molecule has 0 saturated heterocycles. The maximum absolute atomic E-state index is 8.40. The first-order chi connectivity index (χ1) is 3.81. The normalized spacial score (nSPS) is 10.5. The molecule has 0 aliphatic carbocycles. The van der Waals surface area contributed by atoms with Crippen molar-refractivity contribution >= 4 is 29.5 Å². The molecule has 5 nitrogen and oxygen atoms in total. The van der Waals surface area contributed by atoms with Crippen molar-refractivity contribution in [2.75, 3.05) is 0 Å². The molecule has 0 aromatic heterocycles. The van der Waals surface area contributed by atoms with Crippen molar-refractivity contribution in [1.82, 2.24) is 0 Å². The average Bonchev–Trinajstić information content (AvgIpc) is 1.68. The minimum atomic E-state index is -2.37. The lowest BCUT2D eigenvalue weighted by molar-refractivity contribution is 0.272. The monoisotopic (exact) mass is 167 g/mol. The van der Waals surface area contributed by atoms with Gasteiger partial charge in [0.1, 0.15) is 0 Å². The van der Waals surface area contributed by atoms with Gasteiger partial charge in [-0.05, 0) is 0 Å². The van der Waals surface area contributed by atoms with Crippen LogP contribution in [-0.4, -0.2) is 43.9 Å². The van der Waals surface area contributed by atoms with Crippen molar-refractivity contribution in [1.29, 1.82) is 0 Å². The molecule has 0 rings (SSSR count). The van der Waals surface area contributed by atoms with Crippen molar-refractivity contribution in [3.63, 3.8) is 0 Å². The fourth-order valence-corrected chi connectivity index (χ4v) is 1.27. The van der Waals surface area contributed by atoms with Gasteiger partial charge in [0, 0.05) is 0 Å². The topological polar surface area (TPSA) is 79.2 Å². The summed E-state index contributed by atoms with van der Waals surface area (Å²) >= 11 is 0. The Balaban J connectivity index is 2.92. The van der Waals surface area contributed by atoms with Crippen LogP contribution in [0.5, 0.6) is 0 Å². The van der Waals surface area contributed by atoms with Crippen LogP contribution in [0.4, 0.5) is 0 Å². The van der Waals surface area contributed by atoms with Gasteiger partial charge in [-0.2, -0.15) is 0 Å². The van der Waals surface area contributed by atoms with Crippen LogP contribution in [0.1, 0.15) is 0 Å². The zero-order valence-corrected chi connectivity index (χ0v) is 6.66. The van der Waals surface area contributed by atoms with Gasteiger partial charge in [0.15, 0.2) is 0 Å². The molecule has 5 radical (unpaired) electrons. The van der Waals surface area contributed by atoms with Gasteiger partial charge in [0.25, 0.3) is 0 Å². The van der Waals surface area contributed by atoms with E-state index in [2.05, 4.69) is 8.23 Å². The van der Waals surface area contributed by atoms with Crippen molar-refractivity contribution in [2.24, 2.45) is 0 Å². The lowest BCUT2D eigenvalue weighted by Gasteiger charge is -1.99. The highest BCUT2D eigenvalue weighted by Gasteiger charge is 2.12. The van der Waals surface area contributed by atoms with Crippen LogP contribution in [0, 0.1) is 0 Å². The summed E-state index contributed by atoms with van der Waals surface area (Å²) in [4.78, 5) is 24.4. The zero-order chi connectivity index (χ0) is 6.41. The molecule has 3 N–H and O–H groups in total. The van der Waals surface area contributed by atoms with E-state index in [4.69, 9.17) is 14.4 Å². The molecule has 0 aromatic carbocycles. The molecule has 0 fully saturated rings. The maximum atomic E-state index is 8.40. The molecule has 0 spiro atoms. The Kier molecular flexibility index (Phi) is 5.90. The van der Waals surface area contributed by atoms with Crippen LogP contribution >= 0.6 is 0 Å². The van der Waals surface area contributed by atoms with Gasteiger partial charge in [-0.15, -0.1) is 0 Å². The summed E-state index contributed by atoms with van der Waals surface area (Å²) in [7, 11) is -3.94. The van der Waals surface area contributed by atoms with Crippen molar-refractivity contribution in [3.05, 3.63) is 0 Å². The molecule has 0 heterocycles. The summed E-state index contributed by atoms with van der Waals surface area (Å²) < 4.78 is 8.30. The molecular formula is H3O5Si3. The van der Waals surface area contributed by atoms with Gasteiger partial charge in [-0.3, -0.25) is 0 Å². The Morgan fingerprint density at radius 2 is 1.50 bits per heavy atom. The second-order valence-electron chi connectivity index (χ2n) is 0.653.